The van der Waals surface area contributed by atoms with E-state index in [1.807, 2.05) is 92.7 Å². The standard InChI is InChI=1S/C48H58N2O6/c1-32(2)49-46(53)50(30-36-20-22-38(55-5)29-44(36)56-6)31-48(54)26-24-43-40-23-19-34(27-37(51)21-18-33(3)13-12-25-47(43,48)4)28-42(40)45(52)41-17-11-10-16-39(41)35-14-8-7-9-15-35/h7-11,13-17,19-20,22-23,28-29,32,37,43,51,54H,12,18,21,24-27,30-31H2,1-6H3,(H,49,53). The number of nitrogens with zero attached hydrogens (tertiary/aromatic N) is 1. The Morgan fingerprint density at radius 1 is 0.911 bits per heavy atom. The molecule has 4 aromatic rings. The third-order valence-electron chi connectivity index (χ3n) is 12.2. The number of ketones is 1. The largest absolute Gasteiger partial charge is 0.497 e. The van der Waals surface area contributed by atoms with Crippen LogP contribution in [0, 0.1) is 5.41 Å². The molecule has 8 nitrogen and oxygen atoms in total. The monoisotopic (exact) mass is 758 g/mol. The number of hydrogen-bond donors (Lipinski definition) is 3. The number of benzene rings is 4. The van der Waals surface area contributed by atoms with Gasteiger partial charge in [-0.15, -0.1) is 0 Å². The number of methoxy groups -OCH3 is 2. The fourth-order valence-corrected chi connectivity index (χ4v) is 8.93. The molecule has 0 heterocycles. The normalized spacial score (nSPS) is 22.5. The van der Waals surface area contributed by atoms with Crippen LogP contribution in [0.3, 0.4) is 0 Å². The minimum Gasteiger partial charge on any atom is -0.497 e. The number of fused-ring (bicyclic) bond motifs is 8. The van der Waals surface area contributed by atoms with Gasteiger partial charge in [-0.05, 0) is 112 Å². The van der Waals surface area contributed by atoms with Crippen molar-refractivity contribution in [3.05, 3.63) is 130 Å². The van der Waals surface area contributed by atoms with Gasteiger partial charge in [-0.25, -0.2) is 4.79 Å². The van der Waals surface area contributed by atoms with Gasteiger partial charge in [0.1, 0.15) is 11.5 Å². The summed E-state index contributed by atoms with van der Waals surface area (Å²) in [6.45, 7) is 8.40. The summed E-state index contributed by atoms with van der Waals surface area (Å²) in [5.41, 5.74) is 4.78. The van der Waals surface area contributed by atoms with Crippen molar-refractivity contribution in [2.75, 3.05) is 20.8 Å². The first kappa shape index (κ1) is 40.7. The fourth-order valence-electron chi connectivity index (χ4n) is 8.93. The molecule has 3 aliphatic carbocycles. The first-order valence-corrected chi connectivity index (χ1v) is 20.0. The number of carbonyl (C=O) groups excluding carboxylic acids is 2. The highest BCUT2D eigenvalue weighted by atomic mass is 16.5. The Hall–Kier alpha value is -4.92. The van der Waals surface area contributed by atoms with E-state index in [-0.39, 0.29) is 36.9 Å². The van der Waals surface area contributed by atoms with Crippen molar-refractivity contribution >= 4 is 11.8 Å². The van der Waals surface area contributed by atoms with Crippen molar-refractivity contribution in [1.29, 1.82) is 0 Å². The molecular weight excluding hydrogens is 701 g/mol. The Kier molecular flexibility index (Phi) is 12.7. The number of rotatable bonds is 10. The van der Waals surface area contributed by atoms with Gasteiger partial charge in [-0.2, -0.15) is 0 Å². The third-order valence-corrected chi connectivity index (χ3v) is 12.2. The Labute approximate surface area is 332 Å². The zero-order chi connectivity index (χ0) is 40.0. The topological polar surface area (TPSA) is 108 Å². The molecule has 0 radical (unpaired) electrons. The van der Waals surface area contributed by atoms with Crippen LogP contribution in [0.1, 0.15) is 105 Å². The first-order valence-electron chi connectivity index (χ1n) is 20.0. The minimum atomic E-state index is -1.30. The van der Waals surface area contributed by atoms with Crippen LogP contribution in [-0.2, 0) is 13.0 Å². The molecule has 0 aromatic heterocycles. The number of ether oxygens (including phenoxy) is 2. The molecular formula is C48H58N2O6. The number of urea groups is 1. The van der Waals surface area contributed by atoms with Gasteiger partial charge in [0.05, 0.1) is 39.0 Å². The maximum Gasteiger partial charge on any atom is 0.317 e. The van der Waals surface area contributed by atoms with Crippen LogP contribution in [-0.4, -0.2) is 65.4 Å². The zero-order valence-corrected chi connectivity index (χ0v) is 33.8. The molecule has 7 rings (SSSR count). The van der Waals surface area contributed by atoms with Gasteiger partial charge in [0.15, 0.2) is 5.78 Å². The molecule has 56 heavy (non-hydrogen) atoms. The summed E-state index contributed by atoms with van der Waals surface area (Å²) >= 11 is 0. The van der Waals surface area contributed by atoms with Crippen LogP contribution in [0.2, 0.25) is 0 Å². The molecule has 1 saturated carbocycles. The molecule has 3 aliphatic rings. The number of carbonyl (C=O) groups is 2. The first-order chi connectivity index (χ1) is 26.9. The Bertz CT molecular complexity index is 2040. The van der Waals surface area contributed by atoms with Crippen LogP contribution in [0.25, 0.3) is 11.1 Å². The smallest absolute Gasteiger partial charge is 0.317 e. The highest BCUT2D eigenvalue weighted by Crippen LogP contribution is 2.59. The molecule has 0 aliphatic heterocycles. The second-order valence-corrected chi connectivity index (χ2v) is 16.3. The van der Waals surface area contributed by atoms with Gasteiger partial charge in [0.25, 0.3) is 0 Å². The van der Waals surface area contributed by atoms with Crippen molar-refractivity contribution in [2.24, 2.45) is 5.41 Å². The van der Waals surface area contributed by atoms with E-state index in [0.717, 1.165) is 34.2 Å². The molecule has 2 amide bonds. The second kappa shape index (κ2) is 17.5. The van der Waals surface area contributed by atoms with Crippen LogP contribution >= 0.6 is 0 Å². The van der Waals surface area contributed by atoms with E-state index in [1.54, 1.807) is 25.2 Å². The van der Waals surface area contributed by atoms with Gasteiger partial charge in [-0.1, -0.05) is 85.3 Å². The summed E-state index contributed by atoms with van der Waals surface area (Å²) in [7, 11) is 3.20. The van der Waals surface area contributed by atoms with Gasteiger partial charge in [-0.3, -0.25) is 4.79 Å². The number of aliphatic hydroxyl groups is 2. The lowest BCUT2D eigenvalue weighted by molar-refractivity contribution is -0.0781. The maximum atomic E-state index is 15.0. The number of amides is 2. The molecule has 4 atom stereocenters. The predicted molar refractivity (Wildman–Crippen MR) is 222 cm³/mol. The van der Waals surface area contributed by atoms with Crippen molar-refractivity contribution in [3.63, 3.8) is 0 Å². The molecule has 0 saturated heterocycles. The highest BCUT2D eigenvalue weighted by Gasteiger charge is 2.57. The quantitative estimate of drug-likeness (QED) is 0.110. The summed E-state index contributed by atoms with van der Waals surface area (Å²) < 4.78 is 11.2. The van der Waals surface area contributed by atoms with Gasteiger partial charge >= 0.3 is 6.03 Å². The average Bonchev–Trinajstić information content (AvgIpc) is 3.44. The number of allylic oxidation sites excluding steroid dienone is 2. The SMILES string of the molecule is COc1ccc(CN(CC2(O)CCC3c4ccc(cc4C(=O)c4ccccc4-c4ccccc4)CC(O)CCC(C)=CCCC32C)C(=O)NC(C)C)c(OC)c1. The van der Waals surface area contributed by atoms with Crippen LogP contribution in [0.15, 0.2) is 103 Å². The molecule has 8 heteroatoms. The third kappa shape index (κ3) is 8.72. The lowest BCUT2D eigenvalue weighted by Gasteiger charge is -2.46. The summed E-state index contributed by atoms with van der Waals surface area (Å²) in [5, 5.41) is 27.4. The molecule has 4 aromatic carbocycles. The molecule has 1 fully saturated rings. The molecule has 0 spiro atoms. The lowest BCUT2D eigenvalue weighted by Crippen LogP contribution is -2.55. The molecule has 296 valence electrons. The van der Waals surface area contributed by atoms with Crippen LogP contribution in [0.4, 0.5) is 4.79 Å². The van der Waals surface area contributed by atoms with Crippen molar-refractivity contribution in [1.82, 2.24) is 10.2 Å². The lowest BCUT2D eigenvalue weighted by atomic mass is 9.64. The van der Waals surface area contributed by atoms with Gasteiger partial charge in [0.2, 0.25) is 0 Å². The molecule has 4 unspecified atom stereocenters. The zero-order valence-electron chi connectivity index (χ0n) is 33.8. The van der Waals surface area contributed by atoms with E-state index in [9.17, 15) is 15.0 Å². The Balaban J connectivity index is 1.46. The predicted octanol–water partition coefficient (Wildman–Crippen LogP) is 9.26. The summed E-state index contributed by atoms with van der Waals surface area (Å²) in [5.74, 6) is 0.961. The van der Waals surface area contributed by atoms with E-state index in [4.69, 9.17) is 9.47 Å². The van der Waals surface area contributed by atoms with Gasteiger partial charge < -0.3 is 29.9 Å². The van der Waals surface area contributed by atoms with E-state index in [1.165, 1.54) is 5.57 Å². The van der Waals surface area contributed by atoms with E-state index in [0.29, 0.717) is 61.2 Å². The van der Waals surface area contributed by atoms with Crippen LogP contribution in [0.5, 0.6) is 11.5 Å². The van der Waals surface area contributed by atoms with Gasteiger partial charge in [0, 0.05) is 34.2 Å². The number of hydrogen-bond acceptors (Lipinski definition) is 6. The van der Waals surface area contributed by atoms with E-state index < -0.39 is 17.1 Å². The van der Waals surface area contributed by atoms with Crippen LogP contribution < -0.4 is 14.8 Å². The second-order valence-electron chi connectivity index (χ2n) is 16.3. The number of nitrogens with one attached hydrogen (secondary N) is 1. The average molecular weight is 759 g/mol. The maximum absolute atomic E-state index is 15.0. The minimum absolute atomic E-state index is 0.0824. The summed E-state index contributed by atoms with van der Waals surface area (Å²) in [4.78, 5) is 30.8. The van der Waals surface area contributed by atoms with Crippen molar-refractivity contribution in [3.8, 4) is 22.6 Å². The molecule has 3 N–H and O–H groups in total. The van der Waals surface area contributed by atoms with Crippen molar-refractivity contribution < 1.29 is 29.3 Å². The Morgan fingerprint density at radius 2 is 1.66 bits per heavy atom. The van der Waals surface area contributed by atoms with E-state index in [2.05, 4.69) is 31.3 Å². The highest BCUT2D eigenvalue weighted by molar-refractivity contribution is 6.13. The Morgan fingerprint density at radius 3 is 2.39 bits per heavy atom. The number of aliphatic hydroxyl groups excluding tert-OH is 1. The van der Waals surface area contributed by atoms with Crippen molar-refractivity contribution in [2.45, 2.75) is 103 Å². The summed E-state index contributed by atoms with van der Waals surface area (Å²) in [6, 6.07) is 29.0. The fraction of sp³-hybridized carbons (Fsp3) is 0.417. The molecule has 2 bridgehead atoms. The van der Waals surface area contributed by atoms with E-state index >= 15 is 4.79 Å². The summed E-state index contributed by atoms with van der Waals surface area (Å²) in [6.07, 6.45) is 5.91.